The maximum Gasteiger partial charge on any atom is 0.491 e. The highest BCUT2D eigenvalue weighted by Crippen LogP contribution is 2.21. The lowest BCUT2D eigenvalue weighted by atomic mass is 10.0. The highest BCUT2D eigenvalue weighted by atomic mass is 19.4. The predicted octanol–water partition coefficient (Wildman–Crippen LogP) is 0.844. The maximum absolute atomic E-state index is 12.7. The summed E-state index contributed by atoms with van der Waals surface area (Å²) in [5.74, 6) is -7.98. The Bertz CT molecular complexity index is 1340. The van der Waals surface area contributed by atoms with Crippen LogP contribution in [-0.2, 0) is 30.4 Å². The van der Waals surface area contributed by atoms with Gasteiger partial charge in [-0.1, -0.05) is 24.3 Å². The van der Waals surface area contributed by atoms with Gasteiger partial charge in [0.2, 0.25) is 11.8 Å². The van der Waals surface area contributed by atoms with Crippen molar-refractivity contribution in [3.8, 4) is 5.75 Å². The van der Waals surface area contributed by atoms with E-state index in [4.69, 9.17) is 16.6 Å². The number of nitrogens with two attached hydrogens (primary N) is 2. The molecule has 2 rings (SSSR count). The Morgan fingerprint density at radius 2 is 1.54 bits per heavy atom. The molecule has 2 amide bonds. The number of aliphatic carboxylic acids is 2. The summed E-state index contributed by atoms with van der Waals surface area (Å²) in [6, 6.07) is 7.35. The number of carboxylic acid groups (broad SMARTS) is 2. The molecule has 0 fully saturated rings. The van der Waals surface area contributed by atoms with E-state index >= 15 is 0 Å². The molecule has 0 saturated carbocycles. The maximum atomic E-state index is 12.7. The van der Waals surface area contributed by atoms with Gasteiger partial charge in [-0.05, 0) is 41.5 Å². The van der Waals surface area contributed by atoms with Crippen molar-refractivity contribution in [1.29, 1.82) is 0 Å². The van der Waals surface area contributed by atoms with Gasteiger partial charge in [0.25, 0.3) is 0 Å². The highest BCUT2D eigenvalue weighted by Gasteiger charge is 2.41. The lowest BCUT2D eigenvalue weighted by Crippen LogP contribution is -2.52. The zero-order chi connectivity index (χ0) is 30.7. The molecule has 8 N–H and O–H groups in total. The molecule has 2 atom stereocenters. The van der Waals surface area contributed by atoms with Crippen LogP contribution in [0.15, 0.2) is 59.6 Å². The molecule has 0 spiro atoms. The zero-order valence-corrected chi connectivity index (χ0v) is 20.9. The smallest absolute Gasteiger partial charge is 0.481 e. The Morgan fingerprint density at radius 3 is 2.05 bits per heavy atom. The molecule has 0 saturated heterocycles. The molecule has 218 valence electrons. The monoisotopic (exact) mass is 579 g/mol. The Hall–Kier alpha value is -5.41. The average Bonchev–Trinajstić information content (AvgIpc) is 2.87. The van der Waals surface area contributed by atoms with Crippen molar-refractivity contribution >= 4 is 47.4 Å². The van der Waals surface area contributed by atoms with Crippen LogP contribution in [0.4, 0.5) is 18.9 Å². The van der Waals surface area contributed by atoms with E-state index in [0.29, 0.717) is 11.3 Å². The number of rotatable bonds is 12. The van der Waals surface area contributed by atoms with Crippen LogP contribution in [0.25, 0.3) is 6.08 Å². The molecule has 2 aromatic rings. The van der Waals surface area contributed by atoms with E-state index in [1.807, 2.05) is 0 Å². The molecule has 16 heteroatoms. The molecular formula is C25H24F3N5O8. The Kier molecular flexibility index (Phi) is 10.9. The molecular weight excluding hydrogens is 555 g/mol. The first kappa shape index (κ1) is 31.8. The number of carboxylic acids is 2. The minimum Gasteiger partial charge on any atom is -0.481 e. The predicted molar refractivity (Wildman–Crippen MR) is 137 cm³/mol. The first-order chi connectivity index (χ1) is 19.1. The van der Waals surface area contributed by atoms with Gasteiger partial charge in [0.1, 0.15) is 17.8 Å². The minimum atomic E-state index is -5.21. The van der Waals surface area contributed by atoms with Crippen molar-refractivity contribution in [3.05, 3.63) is 65.7 Å². The third-order valence-corrected chi connectivity index (χ3v) is 5.01. The first-order valence-electron chi connectivity index (χ1n) is 11.4. The lowest BCUT2D eigenvalue weighted by Gasteiger charge is -2.20. The van der Waals surface area contributed by atoms with Crippen LogP contribution in [0.2, 0.25) is 0 Å². The quantitative estimate of drug-likeness (QED) is 0.0683. The summed E-state index contributed by atoms with van der Waals surface area (Å²) in [6.07, 6.45) is -4.07. The number of benzene rings is 2. The lowest BCUT2D eigenvalue weighted by molar-refractivity contribution is -0.189. The summed E-state index contributed by atoms with van der Waals surface area (Å²) in [4.78, 5) is 62.8. The van der Waals surface area contributed by atoms with Crippen LogP contribution in [0.1, 0.15) is 17.5 Å². The molecule has 0 unspecified atom stereocenters. The number of esters is 1. The van der Waals surface area contributed by atoms with Gasteiger partial charge in [-0.25, -0.2) is 14.6 Å². The fourth-order valence-corrected chi connectivity index (χ4v) is 3.15. The minimum absolute atomic E-state index is 0.148. The van der Waals surface area contributed by atoms with E-state index in [-0.39, 0.29) is 17.9 Å². The topological polar surface area (TPSA) is 223 Å². The summed E-state index contributed by atoms with van der Waals surface area (Å²) in [7, 11) is 0. The average molecular weight is 579 g/mol. The second kappa shape index (κ2) is 14.1. The Morgan fingerprint density at radius 1 is 0.927 bits per heavy atom. The molecule has 2 aromatic carbocycles. The third-order valence-electron chi connectivity index (χ3n) is 5.01. The number of halogens is 3. The van der Waals surface area contributed by atoms with E-state index in [9.17, 15) is 42.3 Å². The van der Waals surface area contributed by atoms with Crippen LogP contribution in [-0.4, -0.2) is 64.2 Å². The van der Waals surface area contributed by atoms with Gasteiger partial charge < -0.3 is 37.1 Å². The molecule has 0 aliphatic carbocycles. The molecule has 0 heterocycles. The second-order valence-corrected chi connectivity index (χ2v) is 8.26. The summed E-state index contributed by atoms with van der Waals surface area (Å²) in [5.41, 5.74) is 11.8. The summed E-state index contributed by atoms with van der Waals surface area (Å²) in [6.45, 7) is 0. The number of hydrogen-bond acceptors (Lipinski definition) is 7. The van der Waals surface area contributed by atoms with Gasteiger partial charge in [0.15, 0.2) is 5.96 Å². The molecule has 0 aromatic heterocycles. The van der Waals surface area contributed by atoms with Crippen LogP contribution in [0, 0.1) is 0 Å². The fourth-order valence-electron chi connectivity index (χ4n) is 3.15. The Labute approximate surface area is 229 Å². The molecule has 0 radical (unpaired) electrons. The van der Waals surface area contributed by atoms with Crippen LogP contribution in [0.3, 0.4) is 0 Å². The number of carbonyl (C=O) groups is 5. The van der Waals surface area contributed by atoms with E-state index in [1.54, 1.807) is 24.3 Å². The number of ether oxygens (including phenoxy) is 1. The number of carbonyl (C=O) groups excluding carboxylic acids is 3. The summed E-state index contributed by atoms with van der Waals surface area (Å²) < 4.78 is 41.2. The largest absolute Gasteiger partial charge is 0.491 e. The van der Waals surface area contributed by atoms with Gasteiger partial charge in [0, 0.05) is 12.5 Å². The number of guanidine groups is 1. The molecule has 0 aliphatic heterocycles. The van der Waals surface area contributed by atoms with Crippen LogP contribution >= 0.6 is 0 Å². The van der Waals surface area contributed by atoms with Gasteiger partial charge in [-0.15, -0.1) is 0 Å². The van der Waals surface area contributed by atoms with Gasteiger partial charge >= 0.3 is 24.1 Å². The molecule has 13 nitrogen and oxygen atoms in total. The van der Waals surface area contributed by atoms with Crippen molar-refractivity contribution in [2.75, 3.05) is 0 Å². The van der Waals surface area contributed by atoms with E-state index in [2.05, 4.69) is 20.4 Å². The van der Waals surface area contributed by atoms with Gasteiger partial charge in [-0.2, -0.15) is 13.2 Å². The third kappa shape index (κ3) is 11.1. The number of aliphatic imine (C=N–C) groups is 1. The van der Waals surface area contributed by atoms with Crippen molar-refractivity contribution < 1.29 is 52.1 Å². The summed E-state index contributed by atoms with van der Waals surface area (Å²) >= 11 is 0. The van der Waals surface area contributed by atoms with Gasteiger partial charge in [-0.3, -0.25) is 14.4 Å². The van der Waals surface area contributed by atoms with Gasteiger partial charge in [0.05, 0.1) is 12.1 Å². The number of alkyl halides is 3. The summed E-state index contributed by atoms with van der Waals surface area (Å²) in [5, 5.41) is 23.0. The molecule has 41 heavy (non-hydrogen) atoms. The van der Waals surface area contributed by atoms with Crippen LogP contribution < -0.4 is 26.8 Å². The Balaban J connectivity index is 2.06. The standard InChI is InChI=1S/C25H24F3N5O8/c26-25(27,28)23(40)41-16-8-3-14(4-9-16)11-18(22(38)39)33-21(37)17(12-20(35)36)32-19(34)10-5-13-1-6-15(7-2-13)31-24(29)30/h1-10,17-18H,11-12H2,(H,32,34)(H,33,37)(H,35,36)(H,38,39)(H4,29,30,31)/t17-,18-/m0/s1. The van der Waals surface area contributed by atoms with E-state index < -0.39 is 60.2 Å². The second-order valence-electron chi connectivity index (χ2n) is 8.26. The zero-order valence-electron chi connectivity index (χ0n) is 20.9. The fraction of sp³-hybridized carbons (Fsp3) is 0.200. The number of hydrogen-bond donors (Lipinski definition) is 6. The normalized spacial score (nSPS) is 12.6. The molecule has 0 aliphatic rings. The highest BCUT2D eigenvalue weighted by molar-refractivity contribution is 5.97. The first-order valence-corrected chi connectivity index (χ1v) is 11.4. The number of nitrogens with zero attached hydrogens (tertiary/aromatic N) is 1. The van der Waals surface area contributed by atoms with Crippen molar-refractivity contribution in [2.24, 2.45) is 16.5 Å². The van der Waals surface area contributed by atoms with Crippen molar-refractivity contribution in [2.45, 2.75) is 31.1 Å². The van der Waals surface area contributed by atoms with Crippen molar-refractivity contribution in [3.63, 3.8) is 0 Å². The van der Waals surface area contributed by atoms with E-state index in [0.717, 1.165) is 18.2 Å². The van der Waals surface area contributed by atoms with Crippen LogP contribution in [0.5, 0.6) is 5.75 Å². The number of amides is 2. The van der Waals surface area contributed by atoms with E-state index in [1.165, 1.54) is 18.2 Å². The molecule has 0 bridgehead atoms. The number of nitrogens with one attached hydrogen (secondary N) is 2. The SMILES string of the molecule is NC(N)=Nc1ccc(C=CC(=O)N[C@@H](CC(=O)O)C(=O)N[C@@H](Cc2ccc(OC(=O)C(F)(F)F)cc2)C(=O)O)cc1. The van der Waals surface area contributed by atoms with Crippen molar-refractivity contribution in [1.82, 2.24) is 10.6 Å².